The van der Waals surface area contributed by atoms with Crippen molar-refractivity contribution in [3.8, 4) is 5.75 Å². The third kappa shape index (κ3) is 12.3. The largest absolute Gasteiger partial charge is 0.506 e. The number of rotatable bonds is 11. The first-order valence-electron chi connectivity index (χ1n) is 16.7. The van der Waals surface area contributed by atoms with Gasteiger partial charge in [-0.05, 0) is 62.5 Å². The minimum absolute atomic E-state index is 0.219. The molecule has 0 unspecified atom stereocenters. The lowest BCUT2D eigenvalue weighted by Gasteiger charge is -2.36. The number of aromatic hydroxyl groups is 1. The molecule has 2 aromatic heterocycles. The number of carbonyl (C=O) groups excluding carboxylic acids is 3. The van der Waals surface area contributed by atoms with Crippen molar-refractivity contribution in [2.45, 2.75) is 25.9 Å². The maximum Gasteiger partial charge on any atom is 0.416 e. The molecule has 53 heavy (non-hydrogen) atoms. The Morgan fingerprint density at radius 1 is 1.17 bits per heavy atom. The third-order valence-corrected chi connectivity index (χ3v) is 8.25. The number of aldehydes is 1. The molecule has 1 saturated heterocycles. The number of H-pyrrole nitrogens is 1. The van der Waals surface area contributed by atoms with Gasteiger partial charge in [0.05, 0.1) is 36.5 Å². The number of halogens is 3. The van der Waals surface area contributed by atoms with E-state index in [0.717, 1.165) is 73.6 Å². The van der Waals surface area contributed by atoms with Gasteiger partial charge in [-0.2, -0.15) is 18.3 Å². The summed E-state index contributed by atoms with van der Waals surface area (Å²) in [6.45, 7) is 13.3. The molecule has 1 fully saturated rings. The summed E-state index contributed by atoms with van der Waals surface area (Å²) in [7, 11) is 3.69. The van der Waals surface area contributed by atoms with Crippen LogP contribution in [0.1, 0.15) is 35.8 Å². The summed E-state index contributed by atoms with van der Waals surface area (Å²) in [6.07, 6.45) is 3.18. The molecule has 0 atom stereocenters. The lowest BCUT2D eigenvalue weighted by Crippen LogP contribution is -2.48. The van der Waals surface area contributed by atoms with Crippen molar-refractivity contribution in [3.63, 3.8) is 0 Å². The number of phenolic OH excluding ortho intramolecular Hbond substituents is 1. The molecular formula is C36H46F3N9O5. The number of nitrogens with one attached hydrogen (secondary N) is 3. The number of phenols is 1. The number of benzene rings is 1. The Hall–Kier alpha value is -5.55. The fraction of sp³-hybridized carbons (Fsp3) is 0.389. The minimum Gasteiger partial charge on any atom is -0.506 e. The van der Waals surface area contributed by atoms with E-state index in [0.29, 0.717) is 42.7 Å². The van der Waals surface area contributed by atoms with Gasteiger partial charge in [-0.15, -0.1) is 0 Å². The van der Waals surface area contributed by atoms with Gasteiger partial charge in [-0.3, -0.25) is 24.4 Å². The number of hydrogen-bond acceptors (Lipinski definition) is 11. The smallest absolute Gasteiger partial charge is 0.416 e. The molecule has 286 valence electrons. The van der Waals surface area contributed by atoms with E-state index >= 15 is 0 Å². The summed E-state index contributed by atoms with van der Waals surface area (Å²) in [6, 6.07) is 5.95. The van der Waals surface area contributed by atoms with Crippen LogP contribution < -0.4 is 10.6 Å². The molecule has 4 heterocycles. The number of fused-ring (bicyclic) bond motifs is 1. The van der Waals surface area contributed by atoms with Crippen LogP contribution in [0.5, 0.6) is 5.75 Å². The van der Waals surface area contributed by atoms with Crippen molar-refractivity contribution in [2.75, 3.05) is 71.9 Å². The van der Waals surface area contributed by atoms with Crippen LogP contribution in [0, 0.1) is 0 Å². The Morgan fingerprint density at radius 2 is 1.91 bits per heavy atom. The highest BCUT2D eigenvalue weighted by Crippen LogP contribution is 2.34. The van der Waals surface area contributed by atoms with Crippen molar-refractivity contribution in [1.29, 1.82) is 0 Å². The lowest BCUT2D eigenvalue weighted by molar-refractivity contribution is -0.137. The summed E-state index contributed by atoms with van der Waals surface area (Å²) >= 11 is 0. The van der Waals surface area contributed by atoms with E-state index in [1.807, 2.05) is 31.0 Å². The zero-order valence-corrected chi connectivity index (χ0v) is 30.1. The Kier molecular flexibility index (Phi) is 16.2. The minimum atomic E-state index is -4.63. The number of anilines is 1. The molecule has 2 amide bonds. The van der Waals surface area contributed by atoms with Gasteiger partial charge in [0.15, 0.2) is 6.29 Å². The van der Waals surface area contributed by atoms with E-state index in [1.165, 1.54) is 5.57 Å². The Labute approximate surface area is 306 Å². The molecular weight excluding hydrogens is 695 g/mol. The number of aliphatic imine (C=N–C) groups is 1. The molecule has 2 aliphatic heterocycles. The summed E-state index contributed by atoms with van der Waals surface area (Å²) in [5.74, 6) is -2.04. The molecule has 4 N–H and O–H groups in total. The molecule has 2 aliphatic rings. The maximum atomic E-state index is 13.3. The fourth-order valence-electron chi connectivity index (χ4n) is 5.34. The van der Waals surface area contributed by atoms with Crippen molar-refractivity contribution < 1.29 is 37.4 Å². The average molecular weight is 742 g/mol. The molecule has 3 aromatic rings. The zero-order valence-electron chi connectivity index (χ0n) is 30.1. The van der Waals surface area contributed by atoms with E-state index in [9.17, 15) is 32.7 Å². The number of piperazine rings is 1. The number of aromatic nitrogens is 2. The van der Waals surface area contributed by atoms with Crippen LogP contribution in [0.15, 0.2) is 75.9 Å². The van der Waals surface area contributed by atoms with E-state index in [4.69, 9.17) is 4.74 Å². The SMILES string of the molecule is C=NCC1=CCOCC1.C=NN(CC(=O)Nc1ccc(C(F)(F)F)cc1O)C(=O)/C(=C(/CC)NC)N1CCN(C)CC1.O=Cc1nccc2cc[nH]c12. The van der Waals surface area contributed by atoms with Crippen LogP contribution in [0.2, 0.25) is 0 Å². The first kappa shape index (κ1) is 41.9. The summed E-state index contributed by atoms with van der Waals surface area (Å²) in [4.78, 5) is 50.9. The molecule has 5 rings (SSSR count). The van der Waals surface area contributed by atoms with E-state index in [1.54, 1.807) is 19.4 Å². The predicted molar refractivity (Wildman–Crippen MR) is 198 cm³/mol. The van der Waals surface area contributed by atoms with Gasteiger partial charge in [-0.1, -0.05) is 13.0 Å². The monoisotopic (exact) mass is 741 g/mol. The highest BCUT2D eigenvalue weighted by Gasteiger charge is 2.32. The van der Waals surface area contributed by atoms with Gasteiger partial charge in [0.25, 0.3) is 5.91 Å². The number of nitrogens with zero attached hydrogens (tertiary/aromatic N) is 6. The molecule has 1 aromatic carbocycles. The van der Waals surface area contributed by atoms with Gasteiger partial charge in [0, 0.05) is 63.4 Å². The van der Waals surface area contributed by atoms with Crippen LogP contribution in [-0.4, -0.2) is 128 Å². The standard InChI is InChI=1S/C21H29F3N6O3.C8H6N2O.C7H11NO/c1-5-15(25-2)19(29-10-8-28(4)9-11-29)20(33)30(26-3)13-18(32)27-16-7-6-14(12-17(16)31)21(22,23)24;11-5-7-8-6(1-3-9-7)2-4-10-8;1-8-6-7-2-4-9-5-3-7/h6-7,12,25,31H,3,5,8-11,13H2,1-2,4H3,(H,27,32);1-5,10H;2H,1,3-6H2/b19-15+;;. The van der Waals surface area contributed by atoms with Crippen molar-refractivity contribution in [1.82, 2.24) is 30.1 Å². The first-order chi connectivity index (χ1) is 25.4. The van der Waals surface area contributed by atoms with Crippen LogP contribution in [0.4, 0.5) is 18.9 Å². The molecule has 0 saturated carbocycles. The molecule has 17 heteroatoms. The quantitative estimate of drug-likeness (QED) is 0.0560. The Balaban J connectivity index is 0.000000301. The number of pyridine rings is 1. The van der Waals surface area contributed by atoms with E-state index < -0.39 is 35.8 Å². The highest BCUT2D eigenvalue weighted by atomic mass is 19.4. The van der Waals surface area contributed by atoms with Crippen molar-refractivity contribution in [2.24, 2.45) is 10.1 Å². The first-order valence-corrected chi connectivity index (χ1v) is 16.7. The zero-order chi connectivity index (χ0) is 39.0. The second-order valence-electron chi connectivity index (χ2n) is 11.8. The Morgan fingerprint density at radius 3 is 2.47 bits per heavy atom. The van der Waals surface area contributed by atoms with Gasteiger partial charge < -0.3 is 35.3 Å². The number of likely N-dealkylation sites (N-methyl/N-ethyl adjacent to an activating group) is 1. The lowest BCUT2D eigenvalue weighted by atomic mass is 10.1. The van der Waals surface area contributed by atoms with E-state index in [2.05, 4.69) is 55.1 Å². The fourth-order valence-corrected chi connectivity index (χ4v) is 5.34. The maximum absolute atomic E-state index is 13.3. The van der Waals surface area contributed by atoms with Gasteiger partial charge >= 0.3 is 6.18 Å². The number of carbonyl (C=O) groups is 3. The van der Waals surface area contributed by atoms with Gasteiger partial charge in [-0.25, -0.2) is 5.01 Å². The number of hydrazone groups is 1. The number of ether oxygens (including phenoxy) is 1. The predicted octanol–water partition coefficient (Wildman–Crippen LogP) is 4.29. The normalized spacial score (nSPS) is 15.0. The average Bonchev–Trinajstić information content (AvgIpc) is 3.64. The number of aromatic amines is 1. The number of hydrogen-bond donors (Lipinski definition) is 4. The Bertz CT molecular complexity index is 1780. The second kappa shape index (κ2) is 20.5. The van der Waals surface area contributed by atoms with Crippen molar-refractivity contribution >= 4 is 48.1 Å². The topological polar surface area (TPSA) is 168 Å². The van der Waals surface area contributed by atoms with Gasteiger partial charge in [0.1, 0.15) is 23.7 Å². The number of alkyl halides is 3. The van der Waals surface area contributed by atoms with E-state index in [-0.39, 0.29) is 5.69 Å². The van der Waals surface area contributed by atoms with Crippen LogP contribution in [0.3, 0.4) is 0 Å². The van der Waals surface area contributed by atoms with Crippen LogP contribution in [-0.2, 0) is 20.5 Å². The molecule has 0 radical (unpaired) electrons. The molecule has 14 nitrogen and oxygen atoms in total. The summed E-state index contributed by atoms with van der Waals surface area (Å²) in [5.41, 5.74) is 2.42. The van der Waals surface area contributed by atoms with Crippen LogP contribution in [0.25, 0.3) is 10.9 Å². The number of allylic oxidation sites excluding steroid dienone is 1. The number of amides is 2. The summed E-state index contributed by atoms with van der Waals surface area (Å²) in [5, 5.41) is 20.8. The van der Waals surface area contributed by atoms with Crippen molar-refractivity contribution in [3.05, 3.63) is 77.0 Å². The van der Waals surface area contributed by atoms with Gasteiger partial charge in [0.2, 0.25) is 5.91 Å². The summed E-state index contributed by atoms with van der Waals surface area (Å²) < 4.78 is 43.4. The highest BCUT2D eigenvalue weighted by molar-refractivity contribution is 5.99. The third-order valence-electron chi connectivity index (χ3n) is 8.25. The molecule has 0 spiro atoms. The van der Waals surface area contributed by atoms with Crippen LogP contribution >= 0.6 is 0 Å². The second-order valence-corrected chi connectivity index (χ2v) is 11.8. The molecule has 0 bridgehead atoms. The molecule has 0 aliphatic carbocycles.